The Morgan fingerprint density at radius 2 is 1.45 bits per heavy atom. The molecule has 1 N–H and O–H groups in total. The molecule has 0 radical (unpaired) electrons. The number of aliphatic hydroxyl groups excluding tert-OH is 1. The second-order valence-electron chi connectivity index (χ2n) is 14.5. The molecule has 2 aromatic carbocycles. The zero-order valence-corrected chi connectivity index (χ0v) is 25.2. The molecule has 6 rings (SSSR count). The summed E-state index contributed by atoms with van der Waals surface area (Å²) in [5.41, 5.74) is 2.09. The van der Waals surface area contributed by atoms with Gasteiger partial charge in [0.2, 0.25) is 0 Å². The molecule has 0 aliphatic heterocycles. The second kappa shape index (κ2) is 9.46. The van der Waals surface area contributed by atoms with Crippen LogP contribution in [0.4, 0.5) is 0 Å². The summed E-state index contributed by atoms with van der Waals surface area (Å²) in [6, 6.07) is 22.4. The lowest BCUT2D eigenvalue weighted by Crippen LogP contribution is -2.68. The van der Waals surface area contributed by atoms with Crippen LogP contribution in [0.1, 0.15) is 86.0 Å². The average molecular weight is 529 g/mol. The summed E-state index contributed by atoms with van der Waals surface area (Å²) in [5, 5.41) is 13.2. The van der Waals surface area contributed by atoms with Gasteiger partial charge in [0.25, 0.3) is 8.32 Å². The third-order valence-corrected chi connectivity index (χ3v) is 16.8. The highest BCUT2D eigenvalue weighted by Crippen LogP contribution is 2.65. The molecule has 3 saturated carbocycles. The van der Waals surface area contributed by atoms with Crippen molar-refractivity contribution in [1.82, 2.24) is 0 Å². The first-order valence-electron chi connectivity index (χ1n) is 15.3. The van der Waals surface area contributed by atoms with Gasteiger partial charge in [0.05, 0.1) is 12.2 Å². The lowest BCUT2D eigenvalue weighted by molar-refractivity contribution is -0.0670. The molecule has 0 unspecified atom stereocenters. The molecule has 204 valence electrons. The number of hydrogen-bond acceptors (Lipinski definition) is 2. The molecule has 0 amide bonds. The summed E-state index contributed by atoms with van der Waals surface area (Å²) >= 11 is 0. The van der Waals surface area contributed by atoms with Gasteiger partial charge in [-0.15, -0.1) is 0 Å². The second-order valence-corrected chi connectivity index (χ2v) is 18.8. The SMILES string of the molecule is CC(C)(C)[Si](O[C@H]1CC[C@H]2[C@@H]3CC=C4C[C@@H](O)CC[C@]4(C)[C@H]3CC[C@]12C)(c1ccccc1)c1ccccc1. The van der Waals surface area contributed by atoms with E-state index in [1.54, 1.807) is 5.57 Å². The minimum atomic E-state index is -2.57. The fourth-order valence-electron chi connectivity index (χ4n) is 9.69. The zero-order chi connectivity index (χ0) is 26.8. The molecule has 2 nitrogen and oxygen atoms in total. The standard InChI is InChI=1S/C35H48O2Si/c1-33(2,3)38(27-12-8-6-9-13-27,28-14-10-7-11-15-28)37-32-19-18-30-29-17-16-25-24-26(36)20-22-34(25,4)31(29)21-23-35(30,32)5/h6-16,26,29-32,36H,17-24H2,1-5H3/t26-,29-,30-,31-,32-,34-,35-/m0/s1. The summed E-state index contributed by atoms with van der Waals surface area (Å²) in [6.45, 7) is 12.4. The first kappa shape index (κ1) is 26.5. The first-order chi connectivity index (χ1) is 18.1. The topological polar surface area (TPSA) is 29.5 Å². The third-order valence-electron chi connectivity index (χ3n) is 11.7. The zero-order valence-electron chi connectivity index (χ0n) is 24.2. The lowest BCUT2D eigenvalue weighted by atomic mass is 9.48. The summed E-state index contributed by atoms with van der Waals surface area (Å²) in [6.07, 6.45) is 12.0. The van der Waals surface area contributed by atoms with Crippen LogP contribution in [0.3, 0.4) is 0 Å². The quantitative estimate of drug-likeness (QED) is 0.334. The van der Waals surface area contributed by atoms with E-state index < -0.39 is 8.32 Å². The number of hydrogen-bond donors (Lipinski definition) is 1. The van der Waals surface area contributed by atoms with E-state index in [2.05, 4.69) is 101 Å². The molecule has 0 saturated heterocycles. The van der Waals surface area contributed by atoms with Crippen molar-refractivity contribution >= 4 is 18.7 Å². The van der Waals surface area contributed by atoms with Crippen LogP contribution in [-0.4, -0.2) is 25.6 Å². The van der Waals surface area contributed by atoms with Crippen molar-refractivity contribution in [2.24, 2.45) is 28.6 Å². The van der Waals surface area contributed by atoms with Crippen molar-refractivity contribution < 1.29 is 9.53 Å². The van der Waals surface area contributed by atoms with Gasteiger partial charge in [-0.3, -0.25) is 0 Å². The van der Waals surface area contributed by atoms with Crippen molar-refractivity contribution in [3.63, 3.8) is 0 Å². The molecule has 3 heteroatoms. The van der Waals surface area contributed by atoms with Gasteiger partial charge < -0.3 is 9.53 Å². The molecule has 4 aliphatic rings. The van der Waals surface area contributed by atoms with Gasteiger partial charge in [-0.1, -0.05) is 107 Å². The molecule has 7 atom stereocenters. The average Bonchev–Trinajstić information content (AvgIpc) is 3.24. The summed E-state index contributed by atoms with van der Waals surface area (Å²) in [7, 11) is -2.57. The van der Waals surface area contributed by atoms with Crippen LogP contribution < -0.4 is 10.4 Å². The van der Waals surface area contributed by atoms with Gasteiger partial charge in [0.1, 0.15) is 0 Å². The molecule has 0 spiro atoms. The van der Waals surface area contributed by atoms with Crippen molar-refractivity contribution in [2.75, 3.05) is 0 Å². The van der Waals surface area contributed by atoms with Crippen molar-refractivity contribution in [1.29, 1.82) is 0 Å². The van der Waals surface area contributed by atoms with Gasteiger partial charge in [0.15, 0.2) is 0 Å². The van der Waals surface area contributed by atoms with E-state index in [0.717, 1.165) is 37.0 Å². The maximum absolute atomic E-state index is 10.4. The molecule has 3 fully saturated rings. The van der Waals surface area contributed by atoms with E-state index in [1.165, 1.54) is 42.5 Å². The molecular formula is C35H48O2Si. The van der Waals surface area contributed by atoms with Crippen LogP contribution in [0.15, 0.2) is 72.3 Å². The number of fused-ring (bicyclic) bond motifs is 5. The van der Waals surface area contributed by atoms with Gasteiger partial charge in [-0.2, -0.15) is 0 Å². The Morgan fingerprint density at radius 1 is 0.816 bits per heavy atom. The van der Waals surface area contributed by atoms with Gasteiger partial charge in [-0.25, -0.2) is 0 Å². The van der Waals surface area contributed by atoms with E-state index in [1.807, 2.05) is 0 Å². The van der Waals surface area contributed by atoms with Crippen LogP contribution in [0.5, 0.6) is 0 Å². The molecule has 2 aromatic rings. The normalized spacial score (nSPS) is 37.1. The number of benzene rings is 2. The Hall–Kier alpha value is -1.68. The molecule has 0 aromatic heterocycles. The Labute approximate surface area is 232 Å². The van der Waals surface area contributed by atoms with Gasteiger partial charge in [0, 0.05) is 0 Å². The van der Waals surface area contributed by atoms with Crippen LogP contribution >= 0.6 is 0 Å². The third kappa shape index (κ3) is 3.94. The fraction of sp³-hybridized carbons (Fsp3) is 0.600. The summed E-state index contributed by atoms with van der Waals surface area (Å²) in [5.74, 6) is 2.25. The number of rotatable bonds is 4. The number of aliphatic hydroxyl groups is 1. The molecule has 0 heterocycles. The predicted molar refractivity (Wildman–Crippen MR) is 160 cm³/mol. The Morgan fingerprint density at radius 3 is 2.05 bits per heavy atom. The van der Waals surface area contributed by atoms with Crippen LogP contribution in [-0.2, 0) is 4.43 Å². The highest BCUT2D eigenvalue weighted by molar-refractivity contribution is 6.99. The fourth-order valence-corrected chi connectivity index (χ4v) is 14.5. The predicted octanol–water partition coefficient (Wildman–Crippen LogP) is 7.26. The molecular weight excluding hydrogens is 480 g/mol. The smallest absolute Gasteiger partial charge is 0.261 e. The van der Waals surface area contributed by atoms with E-state index in [0.29, 0.717) is 11.5 Å². The maximum Gasteiger partial charge on any atom is 0.261 e. The van der Waals surface area contributed by atoms with E-state index in [-0.39, 0.29) is 16.6 Å². The summed E-state index contributed by atoms with van der Waals surface area (Å²) < 4.78 is 7.82. The minimum Gasteiger partial charge on any atom is -0.404 e. The van der Waals surface area contributed by atoms with E-state index in [4.69, 9.17) is 4.43 Å². The summed E-state index contributed by atoms with van der Waals surface area (Å²) in [4.78, 5) is 0. The lowest BCUT2D eigenvalue weighted by Gasteiger charge is -2.58. The Kier molecular flexibility index (Phi) is 6.60. The largest absolute Gasteiger partial charge is 0.404 e. The Balaban J connectivity index is 1.37. The van der Waals surface area contributed by atoms with Gasteiger partial charge in [-0.05, 0) is 95.4 Å². The molecule has 38 heavy (non-hydrogen) atoms. The van der Waals surface area contributed by atoms with Gasteiger partial charge >= 0.3 is 0 Å². The van der Waals surface area contributed by atoms with Crippen LogP contribution in [0.2, 0.25) is 5.04 Å². The van der Waals surface area contributed by atoms with Crippen LogP contribution in [0, 0.1) is 28.6 Å². The van der Waals surface area contributed by atoms with E-state index >= 15 is 0 Å². The highest BCUT2D eigenvalue weighted by Gasteiger charge is 2.61. The monoisotopic (exact) mass is 528 g/mol. The van der Waals surface area contributed by atoms with Crippen molar-refractivity contribution in [3.8, 4) is 0 Å². The van der Waals surface area contributed by atoms with E-state index in [9.17, 15) is 5.11 Å². The maximum atomic E-state index is 10.4. The number of allylic oxidation sites excluding steroid dienone is 1. The minimum absolute atomic E-state index is 0.0141. The van der Waals surface area contributed by atoms with Crippen molar-refractivity contribution in [2.45, 2.75) is 103 Å². The Bertz CT molecular complexity index is 1130. The first-order valence-corrected chi connectivity index (χ1v) is 17.2. The molecule has 0 bridgehead atoms. The highest BCUT2D eigenvalue weighted by atomic mass is 28.4. The van der Waals surface area contributed by atoms with Crippen LogP contribution in [0.25, 0.3) is 0 Å². The molecule has 4 aliphatic carbocycles. The van der Waals surface area contributed by atoms with Crippen molar-refractivity contribution in [3.05, 3.63) is 72.3 Å².